The number of hydrogen-bond acceptors (Lipinski definition) is 4. The second-order valence-electron chi connectivity index (χ2n) is 1.83. The molecule has 0 spiro atoms. The molecule has 11 heavy (non-hydrogen) atoms. The summed E-state index contributed by atoms with van der Waals surface area (Å²) < 4.78 is 0. The third-order valence-electron chi connectivity index (χ3n) is 0.624. The second-order valence-corrected chi connectivity index (χ2v) is 1.83. The fraction of sp³-hybridized carbons (Fsp3) is 0.429. The van der Waals surface area contributed by atoms with Gasteiger partial charge in [-0.05, 0) is 6.07 Å². The smallest absolute Gasteiger partial charge is 0.298 e. The van der Waals surface area contributed by atoms with E-state index in [0.29, 0.717) is 0 Å². The molecule has 1 N–H and O–H groups in total. The molecule has 0 aromatic carbocycles. The van der Waals surface area contributed by atoms with Crippen LogP contribution in [-0.2, 0) is 0 Å². The SMILES string of the molecule is CCC.OOc1ncccn1. The minimum absolute atomic E-state index is 0.0347. The average molecular weight is 156 g/mol. The summed E-state index contributed by atoms with van der Waals surface area (Å²) in [6.07, 6.45) is 4.19. The molecule has 62 valence electrons. The Hall–Kier alpha value is -1.16. The van der Waals surface area contributed by atoms with Gasteiger partial charge in [-0.25, -0.2) is 9.97 Å². The first-order valence-corrected chi connectivity index (χ1v) is 3.43. The minimum Gasteiger partial charge on any atom is -0.298 e. The molecule has 1 rings (SSSR count). The fourth-order valence-corrected chi connectivity index (χ4v) is 0.333. The molecule has 0 aliphatic carbocycles. The van der Waals surface area contributed by atoms with Crippen LogP contribution >= 0.6 is 0 Å². The van der Waals surface area contributed by atoms with Crippen LogP contribution in [0.2, 0.25) is 0 Å². The molecule has 0 fully saturated rings. The maximum atomic E-state index is 7.91. The molecule has 0 amide bonds. The molecule has 0 saturated heterocycles. The molecule has 1 aromatic heterocycles. The Bertz CT molecular complexity index is 167. The third-order valence-corrected chi connectivity index (χ3v) is 0.624. The number of rotatable bonds is 1. The Morgan fingerprint density at radius 2 is 1.82 bits per heavy atom. The fourth-order valence-electron chi connectivity index (χ4n) is 0.333. The Balaban J connectivity index is 0.000000292. The molecular weight excluding hydrogens is 144 g/mol. The largest absolute Gasteiger partial charge is 0.352 e. The van der Waals surface area contributed by atoms with Gasteiger partial charge in [-0.3, -0.25) is 4.89 Å². The molecular formula is C7H12N2O2. The molecule has 4 heteroatoms. The van der Waals surface area contributed by atoms with Crippen molar-refractivity contribution < 1.29 is 10.1 Å². The van der Waals surface area contributed by atoms with Crippen molar-refractivity contribution in [2.45, 2.75) is 20.3 Å². The summed E-state index contributed by atoms with van der Waals surface area (Å²) in [5.41, 5.74) is 0. The Morgan fingerprint density at radius 3 is 2.09 bits per heavy atom. The van der Waals surface area contributed by atoms with Crippen molar-refractivity contribution in [3.63, 3.8) is 0 Å². The van der Waals surface area contributed by atoms with Crippen LogP contribution in [-0.4, -0.2) is 15.2 Å². The van der Waals surface area contributed by atoms with E-state index >= 15 is 0 Å². The predicted molar refractivity (Wildman–Crippen MR) is 41.3 cm³/mol. The monoisotopic (exact) mass is 156 g/mol. The van der Waals surface area contributed by atoms with E-state index in [2.05, 4.69) is 28.7 Å². The van der Waals surface area contributed by atoms with Crippen LogP contribution in [0.15, 0.2) is 18.5 Å². The molecule has 0 saturated carbocycles. The first-order valence-electron chi connectivity index (χ1n) is 3.43. The average Bonchev–Trinajstić information content (AvgIpc) is 2.08. The molecule has 1 heterocycles. The topological polar surface area (TPSA) is 55.2 Å². The van der Waals surface area contributed by atoms with E-state index in [1.165, 1.54) is 18.8 Å². The zero-order valence-electron chi connectivity index (χ0n) is 6.69. The highest BCUT2D eigenvalue weighted by molar-refractivity contribution is 4.91. The van der Waals surface area contributed by atoms with Crippen molar-refractivity contribution in [1.82, 2.24) is 9.97 Å². The Kier molecular flexibility index (Phi) is 6.22. The maximum absolute atomic E-state index is 7.91. The third kappa shape index (κ3) is 5.29. The summed E-state index contributed by atoms with van der Waals surface area (Å²) in [4.78, 5) is 10.7. The summed E-state index contributed by atoms with van der Waals surface area (Å²) in [6.45, 7) is 4.25. The second kappa shape index (κ2) is 6.95. The van der Waals surface area contributed by atoms with Gasteiger partial charge >= 0.3 is 6.01 Å². The molecule has 0 aliphatic heterocycles. The first-order chi connectivity index (χ1) is 5.35. The van der Waals surface area contributed by atoms with Gasteiger partial charge in [-0.15, -0.1) is 0 Å². The van der Waals surface area contributed by atoms with Crippen molar-refractivity contribution in [2.24, 2.45) is 0 Å². The van der Waals surface area contributed by atoms with Gasteiger partial charge in [0, 0.05) is 12.4 Å². The van der Waals surface area contributed by atoms with E-state index in [4.69, 9.17) is 5.26 Å². The normalized spacial score (nSPS) is 7.91. The van der Waals surface area contributed by atoms with Crippen LogP contribution < -0.4 is 4.89 Å². The highest BCUT2D eigenvalue weighted by atomic mass is 17.1. The van der Waals surface area contributed by atoms with Crippen LogP contribution in [0.4, 0.5) is 0 Å². The summed E-state index contributed by atoms with van der Waals surface area (Å²) in [6, 6.07) is 1.59. The number of hydrogen-bond donors (Lipinski definition) is 1. The van der Waals surface area contributed by atoms with E-state index < -0.39 is 0 Å². The van der Waals surface area contributed by atoms with Crippen molar-refractivity contribution >= 4 is 0 Å². The van der Waals surface area contributed by atoms with Gasteiger partial charge in [-0.2, -0.15) is 5.26 Å². The lowest BCUT2D eigenvalue weighted by Gasteiger charge is -1.87. The van der Waals surface area contributed by atoms with Gasteiger partial charge in [-0.1, -0.05) is 20.3 Å². The van der Waals surface area contributed by atoms with Gasteiger partial charge in [0.1, 0.15) is 0 Å². The van der Waals surface area contributed by atoms with Crippen LogP contribution in [0.1, 0.15) is 20.3 Å². The summed E-state index contributed by atoms with van der Waals surface area (Å²) in [5, 5.41) is 7.91. The Labute approximate surface area is 65.8 Å². The lowest BCUT2D eigenvalue weighted by molar-refractivity contribution is -0.145. The van der Waals surface area contributed by atoms with E-state index in [-0.39, 0.29) is 6.01 Å². The lowest BCUT2D eigenvalue weighted by atomic mass is 10.6. The van der Waals surface area contributed by atoms with Crippen molar-refractivity contribution in [1.29, 1.82) is 0 Å². The van der Waals surface area contributed by atoms with E-state index in [1.54, 1.807) is 6.07 Å². The van der Waals surface area contributed by atoms with Crippen molar-refractivity contribution in [2.75, 3.05) is 0 Å². The van der Waals surface area contributed by atoms with E-state index in [9.17, 15) is 0 Å². The van der Waals surface area contributed by atoms with Gasteiger partial charge in [0.05, 0.1) is 0 Å². The van der Waals surface area contributed by atoms with Crippen molar-refractivity contribution in [3.8, 4) is 6.01 Å². The highest BCUT2D eigenvalue weighted by Gasteiger charge is 1.86. The van der Waals surface area contributed by atoms with Crippen LogP contribution in [0.25, 0.3) is 0 Å². The zero-order valence-corrected chi connectivity index (χ0v) is 6.69. The number of nitrogens with zero attached hydrogens (tertiary/aromatic N) is 2. The molecule has 0 unspecified atom stereocenters. The van der Waals surface area contributed by atoms with E-state index in [1.807, 2.05) is 0 Å². The van der Waals surface area contributed by atoms with Gasteiger partial charge in [0.15, 0.2) is 0 Å². The predicted octanol–water partition coefficient (Wildman–Crippen LogP) is 1.74. The van der Waals surface area contributed by atoms with E-state index in [0.717, 1.165) is 0 Å². The highest BCUT2D eigenvalue weighted by Crippen LogP contribution is 1.92. The van der Waals surface area contributed by atoms with Gasteiger partial charge in [0.2, 0.25) is 0 Å². The zero-order chi connectivity index (χ0) is 8.53. The Morgan fingerprint density at radius 1 is 1.36 bits per heavy atom. The lowest BCUT2D eigenvalue weighted by Crippen LogP contribution is -1.88. The summed E-state index contributed by atoms with van der Waals surface area (Å²) in [5.74, 6) is 0. The van der Waals surface area contributed by atoms with Gasteiger partial charge in [0.25, 0.3) is 0 Å². The molecule has 0 aliphatic rings. The first kappa shape index (κ1) is 9.84. The summed E-state index contributed by atoms with van der Waals surface area (Å²) in [7, 11) is 0. The number of aromatic nitrogens is 2. The molecule has 0 bridgehead atoms. The van der Waals surface area contributed by atoms with Crippen LogP contribution in [0.5, 0.6) is 6.01 Å². The van der Waals surface area contributed by atoms with Crippen LogP contribution in [0, 0.1) is 0 Å². The maximum Gasteiger partial charge on any atom is 0.352 e. The summed E-state index contributed by atoms with van der Waals surface area (Å²) >= 11 is 0. The molecule has 0 radical (unpaired) electrons. The van der Waals surface area contributed by atoms with Crippen LogP contribution in [0.3, 0.4) is 0 Å². The van der Waals surface area contributed by atoms with Gasteiger partial charge < -0.3 is 0 Å². The quantitative estimate of drug-likeness (QED) is 0.497. The molecule has 1 aromatic rings. The van der Waals surface area contributed by atoms with Crippen molar-refractivity contribution in [3.05, 3.63) is 18.5 Å². The molecule has 0 atom stereocenters. The molecule has 4 nitrogen and oxygen atoms in total. The standard InChI is InChI=1S/C4H4N2O2.C3H8/c7-8-4-5-2-1-3-6-4;1-3-2/h1-3,7H;3H2,1-2H3. The minimum atomic E-state index is -0.0347.